The number of hydrogen-bond acceptors (Lipinski definition) is 6. The van der Waals surface area contributed by atoms with Gasteiger partial charge in [0, 0.05) is 639 Å². The third-order valence-electron chi connectivity index (χ3n) is 4.01. The molecule has 0 heterocycles. The van der Waals surface area contributed by atoms with Gasteiger partial charge in [0.1, 0.15) is 5.78 Å². The zero-order valence-corrected chi connectivity index (χ0v) is 94.4. The second-order valence-electron chi connectivity index (χ2n) is 8.41. The molecule has 0 aliphatic heterocycles. The maximum Gasteiger partial charge on any atom is 0.200 e. The van der Waals surface area contributed by atoms with E-state index in [9.17, 15) is 15.0 Å². The number of phenols is 3. The number of phenolic OH excluding ortho intramolecular Hbond substituents is 3. The molecule has 85 heavy (non-hydrogen) atoms. The molecule has 0 unspecified atom stereocenters. The van der Waals surface area contributed by atoms with Crippen LogP contribution < -0.4 is 0 Å². The fraction of sp³-hybridized carbons (Fsp3) is 0.364. The number of benzene rings is 1. The van der Waals surface area contributed by atoms with E-state index in [-0.39, 0.29) is 18.1 Å². The molecule has 0 radical (unpaired) electrons. The maximum atomic E-state index is 11.4. The van der Waals surface area contributed by atoms with Crippen LogP contribution in [0.15, 0.2) is 12.1 Å². The Morgan fingerprint density at radius 3 is 0.494 bits per heavy atom. The summed E-state index contributed by atoms with van der Waals surface area (Å²) in [4.78, 5) is 11.4. The summed E-state index contributed by atoms with van der Waals surface area (Å²) in [6.45, 7) is 3.56. The average Bonchev–Trinajstić information content (AvgIpc) is 3.68. The van der Waals surface area contributed by atoms with Gasteiger partial charge in [-0.25, -0.2) is 0 Å². The Morgan fingerprint density at radius 1 is 0.271 bits per heavy atom. The summed E-state index contributed by atoms with van der Waals surface area (Å²) < 4.78 is 0. The lowest BCUT2D eigenvalue weighted by atomic mass is 10.0. The molecular formula is C11H14O4S70. The van der Waals surface area contributed by atoms with Crippen molar-refractivity contribution in [3.8, 4) is 17.2 Å². The number of rotatable bonds is 3. The number of Topliss-reactive ketones (excluding diaryl/α,β-unsaturated/α-hetero) is 1. The van der Waals surface area contributed by atoms with Gasteiger partial charge in [-0.05, 0) is 17.7 Å². The SMILES string of the molecule is CC(C)C(=O)Cc1cc(O)c(O)c(O)c1.S=S=S=S=S=S=S=S=S=S=S=S=S=S=S=S=S=S=S=S=S=S=S=S=S=S=S=S=S=S=S=S=S=S=S=S=S=S=S=S=S=S=S=S=S=S=S=S=S=S=S=S=S=S=S=S=S=S=S=S=S=S=S=S=S=S=S=S=S=S. The Kier molecular flexibility index (Phi) is 101. The molecule has 0 aromatic heterocycles. The van der Waals surface area contributed by atoms with E-state index in [2.05, 4.69) is 0 Å². The highest BCUT2D eigenvalue weighted by Crippen LogP contribution is 2.35. The number of hydrogen-bond donors (Lipinski definition) is 3. The Bertz CT molecular complexity index is 5620. The number of aromatic hydroxyl groups is 3. The molecule has 0 saturated carbocycles. The van der Waals surface area contributed by atoms with Crippen molar-refractivity contribution in [1.29, 1.82) is 0 Å². The molecule has 0 bridgehead atoms. The highest BCUT2D eigenvalue weighted by atomic mass is 33.5. The van der Waals surface area contributed by atoms with Gasteiger partial charge >= 0.3 is 0 Å². The minimum absolute atomic E-state index is 0.0134. The van der Waals surface area contributed by atoms with E-state index >= 15 is 0 Å². The maximum absolute atomic E-state index is 11.4. The van der Waals surface area contributed by atoms with Crippen LogP contribution in [0.5, 0.6) is 17.2 Å². The quantitative estimate of drug-likeness (QED) is 0.399. The van der Waals surface area contributed by atoms with E-state index in [4.69, 9.17) is 27.5 Å². The lowest BCUT2D eigenvalue weighted by Crippen LogP contribution is -2.09. The molecule has 1 aromatic carbocycles. The van der Waals surface area contributed by atoms with Gasteiger partial charge < -0.3 is 15.3 Å². The fourth-order valence-electron chi connectivity index (χ4n) is 1.92. The molecule has 1 rings (SSSR count). The van der Waals surface area contributed by atoms with Gasteiger partial charge in [0.25, 0.3) is 0 Å². The van der Waals surface area contributed by atoms with Crippen LogP contribution in [0.2, 0.25) is 0 Å². The molecule has 0 aliphatic carbocycles. The first-order valence-corrected chi connectivity index (χ1v) is 108. The first-order valence-electron chi connectivity index (χ1n) is 16.2. The van der Waals surface area contributed by atoms with Crippen LogP contribution in [0.4, 0.5) is 0 Å². The molecule has 0 aliphatic rings. The van der Waals surface area contributed by atoms with E-state index in [1.54, 1.807) is 120 Å². The van der Waals surface area contributed by atoms with E-state index in [0.29, 0.717) is 5.56 Å². The van der Waals surface area contributed by atoms with Crippen LogP contribution >= 0.6 is 0 Å². The van der Waals surface area contributed by atoms with Crippen molar-refractivity contribution >= 4 is 632 Å². The highest BCUT2D eigenvalue weighted by molar-refractivity contribution is 8.84. The van der Waals surface area contributed by atoms with Crippen LogP contribution in [-0.2, 0) is 637 Å². The second-order valence-corrected chi connectivity index (χ2v) is 129. The molecule has 74 heteroatoms. The zero-order chi connectivity index (χ0) is 61.7. The Balaban J connectivity index is 0.00000404. The monoisotopic (exact) mass is 2450 g/mol. The topological polar surface area (TPSA) is 77.8 Å². The number of carbonyl (C=O) groups is 1. The van der Waals surface area contributed by atoms with Crippen molar-refractivity contribution < 1.29 is 20.1 Å². The standard InChI is InChI=1S/C11H14O4.S70/c1-6(2)8(12)3-7-4-9(13)11(15)10(14)5-7;1-3-5-7-9-11-13-15-17-19-21-23-25-27-29-31-33-35-37-39-41-43-45-47-49-51-53-55-57-59-61-63-65-67-69-70-68-66-64-62-60-58-56-54-52-50-48-46-44-42-40-38-36-34-32-30-28-26-24-22-20-18-16-14-12-10-8-6-4-2/h4-6,13-15H,3H2,1-2H3;. The second kappa shape index (κ2) is 86.6. The summed E-state index contributed by atoms with van der Waals surface area (Å²) in [5, 5.41) is 27.5. The lowest BCUT2D eigenvalue weighted by molar-refractivity contribution is -0.121. The van der Waals surface area contributed by atoms with Crippen LogP contribution in [0.3, 0.4) is 0 Å². The molecule has 1 aromatic rings. The van der Waals surface area contributed by atoms with Gasteiger partial charge in [-0.2, -0.15) is 0 Å². The summed E-state index contributed by atoms with van der Waals surface area (Å²) in [6.07, 6.45) is 0.138. The number of carbonyl (C=O) groups excluding carboxylic acids is 1. The van der Waals surface area contributed by atoms with Gasteiger partial charge in [0.15, 0.2) is 17.2 Å². The molecule has 0 amide bonds. The zero-order valence-electron chi connectivity index (χ0n) is 37.3. The molecule has 0 atom stereocenters. The Morgan fingerprint density at radius 2 is 0.388 bits per heavy atom. The van der Waals surface area contributed by atoms with Gasteiger partial charge in [-0.1, -0.05) is 13.8 Å². The highest BCUT2D eigenvalue weighted by Gasteiger charge is 2.12. The van der Waals surface area contributed by atoms with E-state index in [1.165, 1.54) is 29.9 Å². The summed E-state index contributed by atoms with van der Waals surface area (Å²) in [6, 6.07) is 2.55. The van der Waals surface area contributed by atoms with Gasteiger partial charge in [0.2, 0.25) is 0 Å². The molecular weight excluding hydrogens is 2440 g/mol. The summed E-state index contributed by atoms with van der Waals surface area (Å²) >= 11 is 9.65. The largest absolute Gasteiger partial charge is 0.504 e. The predicted octanol–water partition coefficient (Wildman–Crippen LogP) is 1.40. The third-order valence-corrected chi connectivity index (χ3v) is 153. The predicted molar refractivity (Wildman–Crippen MR) is 571 cm³/mol. The van der Waals surface area contributed by atoms with Gasteiger partial charge in [-0.15, -0.1) is 0 Å². The van der Waals surface area contributed by atoms with Gasteiger partial charge in [-0.3, -0.25) is 4.79 Å². The third kappa shape index (κ3) is 81.6. The van der Waals surface area contributed by atoms with Crippen LogP contribution in [0.25, 0.3) is 0 Å². The van der Waals surface area contributed by atoms with Crippen LogP contribution in [0, 0.1) is 5.92 Å². The van der Waals surface area contributed by atoms with Crippen molar-refractivity contribution in [3.63, 3.8) is 0 Å². The molecule has 0 saturated heterocycles. The average molecular weight is 2450 g/mol. The normalized spacial score (nSPS) is 8.32. The lowest BCUT2D eigenvalue weighted by Gasteiger charge is -2.07. The smallest absolute Gasteiger partial charge is 0.200 e. The van der Waals surface area contributed by atoms with Crippen molar-refractivity contribution in [1.82, 2.24) is 0 Å². The minimum Gasteiger partial charge on any atom is -0.504 e. The van der Waals surface area contributed by atoms with Crippen LogP contribution in [-0.4, -0.2) is 21.1 Å². The summed E-state index contributed by atoms with van der Waals surface area (Å²) in [5.41, 5.74) is 0.488. The Labute approximate surface area is 693 Å². The number of ketones is 1. The molecule has 0 fully saturated rings. The van der Waals surface area contributed by atoms with Crippen molar-refractivity contribution in [2.75, 3.05) is 0 Å². The van der Waals surface area contributed by atoms with Gasteiger partial charge in [0.05, 0.1) is 0 Å². The minimum atomic E-state index is -0.559. The van der Waals surface area contributed by atoms with E-state index < -0.39 is 17.2 Å². The summed E-state index contributed by atoms with van der Waals surface area (Å²) in [7, 11) is 122. The van der Waals surface area contributed by atoms with Crippen molar-refractivity contribution in [2.24, 2.45) is 5.92 Å². The van der Waals surface area contributed by atoms with Crippen molar-refractivity contribution in [2.45, 2.75) is 20.3 Å². The molecule has 502 valence electrons. The molecule has 3 N–H and O–H groups in total. The van der Waals surface area contributed by atoms with Crippen molar-refractivity contribution in [3.05, 3.63) is 17.7 Å². The van der Waals surface area contributed by atoms with Crippen LogP contribution in [0.1, 0.15) is 19.4 Å². The molecule has 4 nitrogen and oxygen atoms in total. The molecule has 0 spiro atoms. The van der Waals surface area contributed by atoms with E-state index in [0.717, 1.165) is 0 Å². The van der Waals surface area contributed by atoms with E-state index in [1.807, 2.05) is 480 Å². The fourth-order valence-corrected chi connectivity index (χ4v) is 183. The first kappa shape index (κ1) is 98.7. The Hall–Kier alpha value is 13.7. The summed E-state index contributed by atoms with van der Waals surface area (Å²) in [5.74, 6) is -1.47. The first-order chi connectivity index (χ1) is 41.8.